The lowest BCUT2D eigenvalue weighted by Gasteiger charge is -2.09. The van der Waals surface area contributed by atoms with E-state index in [9.17, 15) is 4.79 Å². The van der Waals surface area contributed by atoms with Gasteiger partial charge in [-0.25, -0.2) is 0 Å². The molecule has 0 aliphatic heterocycles. The Balaban J connectivity index is 3.02. The molecule has 76 valence electrons. The highest BCUT2D eigenvalue weighted by Crippen LogP contribution is 2.22. The largest absolute Gasteiger partial charge is 0.398 e. The summed E-state index contributed by atoms with van der Waals surface area (Å²) in [6.07, 6.45) is 0.842. The average Bonchev–Trinajstić information content (AvgIpc) is 2.15. The van der Waals surface area contributed by atoms with Crippen LogP contribution in [-0.4, -0.2) is 5.78 Å². The van der Waals surface area contributed by atoms with Crippen molar-refractivity contribution in [2.75, 3.05) is 5.73 Å². The van der Waals surface area contributed by atoms with Crippen molar-refractivity contribution in [3.05, 3.63) is 28.2 Å². The molecule has 0 spiro atoms. The molecule has 0 heterocycles. The predicted octanol–water partition coefficient (Wildman–Crippen LogP) is 3.26. The molecule has 1 aromatic rings. The summed E-state index contributed by atoms with van der Waals surface area (Å²) in [6.45, 7) is 3.92. The van der Waals surface area contributed by atoms with Gasteiger partial charge in [0.15, 0.2) is 5.78 Å². The van der Waals surface area contributed by atoms with E-state index in [4.69, 9.17) is 5.73 Å². The summed E-state index contributed by atoms with van der Waals surface area (Å²) in [5.41, 5.74) is 6.94. The van der Waals surface area contributed by atoms with E-state index in [0.29, 0.717) is 11.3 Å². The number of rotatable bonds is 3. The molecule has 0 fully saturated rings. The summed E-state index contributed by atoms with van der Waals surface area (Å²) in [5.74, 6) is 0.163. The number of benzene rings is 1. The summed E-state index contributed by atoms with van der Waals surface area (Å²) >= 11 is 3.31. The third kappa shape index (κ3) is 2.35. The third-order valence-corrected chi connectivity index (χ3v) is 2.83. The maximum Gasteiger partial charge on any atom is 0.167 e. The number of Topliss-reactive ketones (excluding diaryl/α,β-unsaturated/α-hetero) is 1. The zero-order chi connectivity index (χ0) is 10.7. The second-order valence-corrected chi connectivity index (χ2v) is 4.32. The summed E-state index contributed by atoms with van der Waals surface area (Å²) < 4.78 is 0.899. The first-order valence-electron chi connectivity index (χ1n) is 4.65. The minimum Gasteiger partial charge on any atom is -0.398 e. The van der Waals surface area contributed by atoms with Gasteiger partial charge in [-0.2, -0.15) is 0 Å². The Morgan fingerprint density at radius 3 is 2.71 bits per heavy atom. The highest BCUT2D eigenvalue weighted by Gasteiger charge is 2.15. The van der Waals surface area contributed by atoms with Crippen LogP contribution in [0.5, 0.6) is 0 Å². The van der Waals surface area contributed by atoms with Crippen molar-refractivity contribution in [2.45, 2.75) is 20.3 Å². The van der Waals surface area contributed by atoms with Gasteiger partial charge in [0.05, 0.1) is 0 Å². The minimum absolute atomic E-state index is 0.0403. The van der Waals surface area contributed by atoms with Crippen molar-refractivity contribution in [3.63, 3.8) is 0 Å². The van der Waals surface area contributed by atoms with Crippen LogP contribution in [0.2, 0.25) is 0 Å². The smallest absolute Gasteiger partial charge is 0.167 e. The second-order valence-electron chi connectivity index (χ2n) is 3.41. The van der Waals surface area contributed by atoms with Gasteiger partial charge in [-0.3, -0.25) is 4.79 Å². The molecule has 1 aromatic carbocycles. The molecule has 14 heavy (non-hydrogen) atoms. The fraction of sp³-hybridized carbons (Fsp3) is 0.364. The maximum atomic E-state index is 11.8. The molecular weight excluding hydrogens is 242 g/mol. The number of hydrogen-bond acceptors (Lipinski definition) is 2. The number of carbonyl (C=O) groups excluding carboxylic acids is 1. The Kier molecular flexibility index (Phi) is 3.69. The van der Waals surface area contributed by atoms with Crippen LogP contribution < -0.4 is 5.73 Å². The number of hydrogen-bond donors (Lipinski definition) is 1. The summed E-state index contributed by atoms with van der Waals surface area (Å²) in [6, 6.07) is 5.37. The van der Waals surface area contributed by atoms with Crippen molar-refractivity contribution in [2.24, 2.45) is 5.92 Å². The Morgan fingerprint density at radius 2 is 2.21 bits per heavy atom. The molecule has 0 aliphatic carbocycles. The van der Waals surface area contributed by atoms with Crippen molar-refractivity contribution >= 4 is 27.4 Å². The van der Waals surface area contributed by atoms with Crippen molar-refractivity contribution in [3.8, 4) is 0 Å². The van der Waals surface area contributed by atoms with Gasteiger partial charge in [0.2, 0.25) is 0 Å². The first-order chi connectivity index (χ1) is 6.56. The zero-order valence-electron chi connectivity index (χ0n) is 8.38. The van der Waals surface area contributed by atoms with E-state index >= 15 is 0 Å². The monoisotopic (exact) mass is 255 g/mol. The SMILES string of the molecule is CCC(C)C(=O)c1ccc(Br)cc1N. The average molecular weight is 256 g/mol. The van der Waals surface area contributed by atoms with Crippen molar-refractivity contribution in [1.82, 2.24) is 0 Å². The van der Waals surface area contributed by atoms with Crippen LogP contribution in [0, 0.1) is 5.92 Å². The zero-order valence-corrected chi connectivity index (χ0v) is 9.97. The van der Waals surface area contributed by atoms with E-state index in [2.05, 4.69) is 15.9 Å². The van der Waals surface area contributed by atoms with Crippen molar-refractivity contribution < 1.29 is 4.79 Å². The molecule has 0 aromatic heterocycles. The topological polar surface area (TPSA) is 43.1 Å². The second kappa shape index (κ2) is 4.60. The van der Waals surface area contributed by atoms with Gasteiger partial charge in [0.25, 0.3) is 0 Å². The molecule has 1 unspecified atom stereocenters. The van der Waals surface area contributed by atoms with Gasteiger partial charge in [0.1, 0.15) is 0 Å². The lowest BCUT2D eigenvalue weighted by atomic mass is 9.96. The van der Waals surface area contributed by atoms with Gasteiger partial charge in [0, 0.05) is 21.6 Å². The summed E-state index contributed by atoms with van der Waals surface area (Å²) in [7, 11) is 0. The molecule has 3 heteroatoms. The highest BCUT2D eigenvalue weighted by molar-refractivity contribution is 9.10. The summed E-state index contributed by atoms with van der Waals surface area (Å²) in [4.78, 5) is 11.8. The molecule has 0 amide bonds. The van der Waals surface area contributed by atoms with Gasteiger partial charge >= 0.3 is 0 Å². The van der Waals surface area contributed by atoms with Gasteiger partial charge in [-0.1, -0.05) is 29.8 Å². The quantitative estimate of drug-likeness (QED) is 0.666. The number of anilines is 1. The van der Waals surface area contributed by atoms with Crippen LogP contribution in [0.25, 0.3) is 0 Å². The fourth-order valence-corrected chi connectivity index (χ4v) is 1.59. The predicted molar refractivity (Wildman–Crippen MR) is 62.3 cm³/mol. The first-order valence-corrected chi connectivity index (χ1v) is 5.44. The number of carbonyl (C=O) groups is 1. The van der Waals surface area contributed by atoms with Crippen LogP contribution in [-0.2, 0) is 0 Å². The number of halogens is 1. The third-order valence-electron chi connectivity index (χ3n) is 2.34. The number of ketones is 1. The highest BCUT2D eigenvalue weighted by atomic mass is 79.9. The van der Waals surface area contributed by atoms with Crippen molar-refractivity contribution in [1.29, 1.82) is 0 Å². The molecule has 2 N–H and O–H groups in total. The van der Waals surface area contributed by atoms with E-state index in [1.54, 1.807) is 12.1 Å². The normalized spacial score (nSPS) is 12.5. The Bertz CT molecular complexity index is 349. The molecule has 0 aliphatic rings. The Hall–Kier alpha value is -0.830. The molecule has 1 atom stereocenters. The molecule has 0 radical (unpaired) electrons. The molecule has 1 rings (SSSR count). The molecular formula is C11H14BrNO. The van der Waals surface area contributed by atoms with Crippen LogP contribution >= 0.6 is 15.9 Å². The van der Waals surface area contributed by atoms with Crippen LogP contribution in [0.4, 0.5) is 5.69 Å². The first kappa shape index (κ1) is 11.2. The van der Waals surface area contributed by atoms with Crippen LogP contribution in [0.15, 0.2) is 22.7 Å². The van der Waals surface area contributed by atoms with Gasteiger partial charge in [-0.15, -0.1) is 0 Å². The standard InChI is InChI=1S/C11H14BrNO/c1-3-7(2)11(14)9-5-4-8(12)6-10(9)13/h4-7H,3,13H2,1-2H3. The van der Waals surface area contributed by atoms with E-state index in [1.807, 2.05) is 19.9 Å². The van der Waals surface area contributed by atoms with Gasteiger partial charge < -0.3 is 5.73 Å². The lowest BCUT2D eigenvalue weighted by molar-refractivity contribution is 0.0928. The number of nitrogens with two attached hydrogens (primary N) is 1. The van der Waals surface area contributed by atoms with E-state index in [-0.39, 0.29) is 11.7 Å². The van der Waals surface area contributed by atoms with E-state index < -0.39 is 0 Å². The molecule has 2 nitrogen and oxygen atoms in total. The minimum atomic E-state index is 0.0403. The lowest BCUT2D eigenvalue weighted by Crippen LogP contribution is -2.12. The van der Waals surface area contributed by atoms with E-state index in [1.165, 1.54) is 0 Å². The fourth-order valence-electron chi connectivity index (χ4n) is 1.21. The maximum absolute atomic E-state index is 11.8. The number of nitrogen functional groups attached to an aromatic ring is 1. The van der Waals surface area contributed by atoms with Crippen LogP contribution in [0.1, 0.15) is 30.6 Å². The Labute approximate surface area is 92.6 Å². The molecule has 0 bridgehead atoms. The van der Waals surface area contributed by atoms with Crippen LogP contribution in [0.3, 0.4) is 0 Å². The molecule has 0 saturated heterocycles. The van der Waals surface area contributed by atoms with E-state index in [0.717, 1.165) is 10.9 Å². The Morgan fingerprint density at radius 1 is 1.57 bits per heavy atom. The summed E-state index contributed by atoms with van der Waals surface area (Å²) in [5, 5.41) is 0. The molecule has 0 saturated carbocycles. The van der Waals surface area contributed by atoms with Gasteiger partial charge in [-0.05, 0) is 24.6 Å².